The molecular weight excluding hydrogens is 273 g/mol. The maximum atomic E-state index is 9.20. The Hall–Kier alpha value is 0.742. The summed E-state index contributed by atoms with van der Waals surface area (Å²) in [4.78, 5) is 0. The molecule has 0 aromatic carbocycles. The van der Waals surface area contributed by atoms with Gasteiger partial charge in [0.2, 0.25) is 0 Å². The zero-order valence-corrected chi connectivity index (χ0v) is 9.64. The van der Waals surface area contributed by atoms with Crippen LogP contribution in [0.5, 0.6) is 0 Å². The monoisotopic (exact) mass is 274 g/mol. The van der Waals surface area contributed by atoms with Crippen molar-refractivity contribution in [1.29, 1.82) is 0 Å². The van der Waals surface area contributed by atoms with Crippen molar-refractivity contribution in [3.63, 3.8) is 0 Å². The van der Waals surface area contributed by atoms with Crippen LogP contribution in [0, 0.1) is 0 Å². The molecule has 0 heterocycles. The van der Waals surface area contributed by atoms with E-state index in [9.17, 15) is 25.9 Å². The summed E-state index contributed by atoms with van der Waals surface area (Å²) >= 11 is 0. The Morgan fingerprint density at radius 1 is 0.778 bits per heavy atom. The summed E-state index contributed by atoms with van der Waals surface area (Å²) in [5, 5.41) is 0. The van der Waals surface area contributed by atoms with Gasteiger partial charge in [-0.2, -0.15) is 0 Å². The molecule has 0 atom stereocenters. The van der Waals surface area contributed by atoms with Crippen molar-refractivity contribution in [1.82, 2.24) is 0 Å². The van der Waals surface area contributed by atoms with Gasteiger partial charge in [0.25, 0.3) is 0 Å². The fraction of sp³-hybridized carbons (Fsp3) is 0. The first-order valence-corrected chi connectivity index (χ1v) is 4.50. The van der Waals surface area contributed by atoms with Crippen molar-refractivity contribution < 1.29 is 53.2 Å². The molecule has 0 saturated carbocycles. The van der Waals surface area contributed by atoms with Gasteiger partial charge in [-0.25, -0.2) is 16.8 Å². The molecule has 50 valence electrons. The summed E-state index contributed by atoms with van der Waals surface area (Å²) < 4.78 is 55.2. The molecule has 0 rings (SSSR count). The molecule has 6 nitrogen and oxygen atoms in total. The van der Waals surface area contributed by atoms with E-state index in [0.29, 0.717) is 0 Å². The molecule has 0 aromatic heterocycles. The van der Waals surface area contributed by atoms with Crippen LogP contribution in [0.1, 0.15) is 0 Å². The second-order valence-corrected chi connectivity index (χ2v) is 4.90. The Kier molecular flexibility index (Phi) is 4.45. The zero-order chi connectivity index (χ0) is 7.00. The fourth-order valence-electron chi connectivity index (χ4n) is 0. The van der Waals surface area contributed by atoms with Crippen molar-refractivity contribution in [3.05, 3.63) is 0 Å². The molecule has 0 aliphatic rings. The van der Waals surface area contributed by atoms with Crippen LogP contribution in [0.25, 0.3) is 0 Å². The van der Waals surface area contributed by atoms with Crippen molar-refractivity contribution in [2.24, 2.45) is 0 Å². The summed E-state index contributed by atoms with van der Waals surface area (Å²) in [7, 11) is -11.3. The Bertz CT molecular complexity index is 223. The molecule has 0 aliphatic carbocycles. The van der Waals surface area contributed by atoms with Gasteiger partial charge in [-0.15, -0.1) is 0 Å². The molecule has 9 heteroatoms. The normalized spacial score (nSPS) is 12.2. The smallest absolute Gasteiger partial charge is 0.736 e. The van der Waals surface area contributed by atoms with Gasteiger partial charge in [0, 0.05) is 0 Å². The van der Waals surface area contributed by atoms with Crippen molar-refractivity contribution in [3.8, 4) is 0 Å². The van der Waals surface area contributed by atoms with E-state index in [1.54, 1.807) is 0 Å². The average molecular weight is 273 g/mol. The van der Waals surface area contributed by atoms with Gasteiger partial charge >= 0.3 is 27.3 Å². The maximum absolute atomic E-state index is 9.20. The third kappa shape index (κ3) is 4.19. The summed E-state index contributed by atoms with van der Waals surface area (Å²) in [5.41, 5.74) is 0. The number of rotatable bonds is 1. The Balaban J connectivity index is 0. The summed E-state index contributed by atoms with van der Waals surface area (Å²) in [6.45, 7) is 0. The van der Waals surface area contributed by atoms with Gasteiger partial charge in [-0.05, 0) is 0 Å². The molecule has 0 amide bonds. The van der Waals surface area contributed by atoms with Gasteiger partial charge in [0.1, 0.15) is 0 Å². The molecular formula is CdO6S2. The quantitative estimate of drug-likeness (QED) is 0.309. The molecule has 0 unspecified atom stereocenters. The molecule has 0 bridgehead atoms. The molecule has 0 aromatic rings. The van der Waals surface area contributed by atoms with Crippen LogP contribution in [0.3, 0.4) is 0 Å². The van der Waals surface area contributed by atoms with Gasteiger partial charge in [0.05, 0.1) is 0 Å². The van der Waals surface area contributed by atoms with E-state index in [4.69, 9.17) is 0 Å². The van der Waals surface area contributed by atoms with Crippen LogP contribution in [0.15, 0.2) is 0 Å². The number of hydrogen-bond acceptors (Lipinski definition) is 6. The van der Waals surface area contributed by atoms with Crippen LogP contribution < -0.4 is 0 Å². The van der Waals surface area contributed by atoms with E-state index in [1.807, 2.05) is 0 Å². The van der Waals surface area contributed by atoms with E-state index < -0.39 is 18.3 Å². The van der Waals surface area contributed by atoms with Crippen LogP contribution >= 0.6 is 0 Å². The Morgan fingerprint density at radius 3 is 0.889 bits per heavy atom. The molecule has 0 N–H and O–H groups in total. The summed E-state index contributed by atoms with van der Waals surface area (Å²) in [5.74, 6) is 0. The standard InChI is InChI=1S/Cd.H2O6S2/c;1-7(2,3)8(4,5)6/h;(H,1,2,3)(H,4,5,6)/q+2;/p-2. The predicted octanol–water partition coefficient (Wildman–Crippen LogP) is -2.01. The summed E-state index contributed by atoms with van der Waals surface area (Å²) in [6.07, 6.45) is 0. The first-order valence-electron chi connectivity index (χ1n) is 1.17. The van der Waals surface area contributed by atoms with E-state index in [1.165, 1.54) is 0 Å². The van der Waals surface area contributed by atoms with Gasteiger partial charge in [0.15, 0.2) is 18.3 Å². The summed E-state index contributed by atoms with van der Waals surface area (Å²) in [6, 6.07) is 0. The van der Waals surface area contributed by atoms with Crippen LogP contribution in [0.2, 0.25) is 0 Å². The maximum Gasteiger partial charge on any atom is 2.00 e. The first-order chi connectivity index (χ1) is 3.25. The van der Waals surface area contributed by atoms with Crippen molar-refractivity contribution in [2.45, 2.75) is 0 Å². The van der Waals surface area contributed by atoms with E-state index in [0.717, 1.165) is 0 Å². The molecule has 0 radical (unpaired) electrons. The van der Waals surface area contributed by atoms with E-state index >= 15 is 0 Å². The fourth-order valence-corrected chi connectivity index (χ4v) is 0. The first kappa shape index (κ1) is 12.4. The van der Waals surface area contributed by atoms with Gasteiger partial charge in [-0.3, -0.25) is 0 Å². The molecule has 9 heavy (non-hydrogen) atoms. The van der Waals surface area contributed by atoms with Crippen LogP contribution in [-0.2, 0) is 45.6 Å². The second-order valence-electron chi connectivity index (χ2n) is 0.816. The molecule has 0 saturated heterocycles. The Morgan fingerprint density at radius 2 is 0.889 bits per heavy atom. The third-order valence-electron chi connectivity index (χ3n) is 0.250. The van der Waals surface area contributed by atoms with Crippen molar-refractivity contribution in [2.75, 3.05) is 0 Å². The Labute approximate surface area is 71.3 Å². The third-order valence-corrected chi connectivity index (χ3v) is 2.25. The topological polar surface area (TPSA) is 114 Å². The molecule has 0 fully saturated rings. The molecule has 0 spiro atoms. The second kappa shape index (κ2) is 3.23. The van der Waals surface area contributed by atoms with Crippen molar-refractivity contribution >= 4 is 18.3 Å². The van der Waals surface area contributed by atoms with Crippen LogP contribution in [-0.4, -0.2) is 25.9 Å². The predicted molar refractivity (Wildman–Crippen MR) is 19.4 cm³/mol. The minimum Gasteiger partial charge on any atom is -0.736 e. The average Bonchev–Trinajstić information content (AvgIpc) is 1.25. The largest absolute Gasteiger partial charge is 2.00 e. The number of hydrogen-bond donors (Lipinski definition) is 0. The minimum atomic E-state index is -5.67. The minimum absolute atomic E-state index is 0. The van der Waals surface area contributed by atoms with Gasteiger partial charge < -0.3 is 9.11 Å². The zero-order valence-electron chi connectivity index (χ0n) is 3.97. The SMILES string of the molecule is O=S(=O)([O-])S(=O)(=O)[O-].[Cd+2]. The van der Waals surface area contributed by atoms with E-state index in [2.05, 4.69) is 0 Å². The van der Waals surface area contributed by atoms with Gasteiger partial charge in [-0.1, -0.05) is 0 Å². The van der Waals surface area contributed by atoms with Crippen LogP contribution in [0.4, 0.5) is 0 Å². The van der Waals surface area contributed by atoms with E-state index in [-0.39, 0.29) is 27.3 Å². The molecule has 0 aliphatic heterocycles.